The number of unbranched alkanes of at least 4 members (excludes halogenated alkanes) is 1. The molecule has 0 aromatic carbocycles. The van der Waals surface area contributed by atoms with E-state index < -0.39 is 0 Å². The van der Waals surface area contributed by atoms with Crippen molar-refractivity contribution in [1.82, 2.24) is 4.98 Å². The summed E-state index contributed by atoms with van der Waals surface area (Å²) >= 11 is 0. The Balaban J connectivity index is 2.87. The van der Waals surface area contributed by atoms with Crippen molar-refractivity contribution in [3.8, 4) is 0 Å². The minimum Gasteiger partial charge on any atom is -0.366 e. The van der Waals surface area contributed by atoms with Crippen molar-refractivity contribution in [1.29, 1.82) is 0 Å². The fraction of sp³-hybridized carbons (Fsp3) is 0.500. The maximum Gasteiger partial charge on any atom is 0.249 e. The predicted molar refractivity (Wildman–Crippen MR) is 60.7 cm³/mol. The van der Waals surface area contributed by atoms with E-state index in [0.29, 0.717) is 11.5 Å². The Morgan fingerprint density at radius 3 is 2.93 bits per heavy atom. The first-order chi connectivity index (χ1) is 7.16. The Kier molecular flexibility index (Phi) is 4.28. The third-order valence-corrected chi connectivity index (χ3v) is 2.64. The molecule has 3 nitrogen and oxygen atoms in total. The molecule has 1 aromatic rings. The summed E-state index contributed by atoms with van der Waals surface area (Å²) in [6, 6.07) is 1.69. The fourth-order valence-corrected chi connectivity index (χ4v) is 1.69. The average Bonchev–Trinajstić information content (AvgIpc) is 2.25. The van der Waals surface area contributed by atoms with Crippen molar-refractivity contribution in [2.24, 2.45) is 5.73 Å². The third-order valence-electron chi connectivity index (χ3n) is 2.64. The smallest absolute Gasteiger partial charge is 0.249 e. The number of nitrogens with zero attached hydrogens (tertiary/aromatic N) is 1. The Morgan fingerprint density at radius 1 is 1.60 bits per heavy atom. The van der Waals surface area contributed by atoms with Crippen LogP contribution in [0.1, 0.15) is 54.9 Å². The van der Waals surface area contributed by atoms with E-state index in [1.54, 1.807) is 18.5 Å². The van der Waals surface area contributed by atoms with Crippen LogP contribution in [0.3, 0.4) is 0 Å². The molecule has 1 aromatic heterocycles. The lowest BCUT2D eigenvalue weighted by Crippen LogP contribution is -2.15. The molecule has 2 N–H and O–H groups in total. The number of amides is 1. The lowest BCUT2D eigenvalue weighted by molar-refractivity contribution is 0.0999. The third kappa shape index (κ3) is 3.05. The van der Waals surface area contributed by atoms with Crippen molar-refractivity contribution in [2.45, 2.75) is 39.0 Å². The summed E-state index contributed by atoms with van der Waals surface area (Å²) in [5.74, 6) is -0.0168. The molecule has 3 heteroatoms. The van der Waals surface area contributed by atoms with Gasteiger partial charge in [-0.1, -0.05) is 26.7 Å². The quantitative estimate of drug-likeness (QED) is 0.804. The summed E-state index contributed by atoms with van der Waals surface area (Å²) in [6.07, 6.45) is 6.75. The summed E-state index contributed by atoms with van der Waals surface area (Å²) in [5.41, 5.74) is 6.89. The fourth-order valence-electron chi connectivity index (χ4n) is 1.69. The van der Waals surface area contributed by atoms with E-state index in [0.717, 1.165) is 24.8 Å². The van der Waals surface area contributed by atoms with Gasteiger partial charge < -0.3 is 5.73 Å². The Morgan fingerprint density at radius 2 is 2.33 bits per heavy atom. The molecule has 1 amide bonds. The van der Waals surface area contributed by atoms with Crippen LogP contribution in [0.4, 0.5) is 0 Å². The first kappa shape index (κ1) is 11.7. The summed E-state index contributed by atoms with van der Waals surface area (Å²) in [7, 11) is 0. The molecular weight excluding hydrogens is 188 g/mol. The molecule has 1 atom stereocenters. The monoisotopic (exact) mass is 206 g/mol. The molecule has 0 aliphatic rings. The summed E-state index contributed by atoms with van der Waals surface area (Å²) in [5, 5.41) is 0. The van der Waals surface area contributed by atoms with E-state index >= 15 is 0 Å². The Hall–Kier alpha value is -1.38. The van der Waals surface area contributed by atoms with Gasteiger partial charge in [-0.2, -0.15) is 0 Å². The summed E-state index contributed by atoms with van der Waals surface area (Å²) in [4.78, 5) is 15.2. The highest BCUT2D eigenvalue weighted by Crippen LogP contribution is 2.23. The van der Waals surface area contributed by atoms with Crippen molar-refractivity contribution >= 4 is 5.91 Å². The van der Waals surface area contributed by atoms with Crippen LogP contribution in [-0.4, -0.2) is 10.9 Å². The standard InChI is InChI=1S/C12H18N2O/c1-3-4-5-9(2)11-8-14-7-6-10(11)12(13)15/h6-9H,3-5H2,1-2H3,(H2,13,15). The van der Waals surface area contributed by atoms with E-state index in [2.05, 4.69) is 18.8 Å². The maximum absolute atomic E-state index is 11.2. The molecule has 1 heterocycles. The molecule has 0 fully saturated rings. The van der Waals surface area contributed by atoms with Crippen molar-refractivity contribution in [3.05, 3.63) is 29.6 Å². The first-order valence-electron chi connectivity index (χ1n) is 5.40. The van der Waals surface area contributed by atoms with Crippen molar-refractivity contribution in [3.63, 3.8) is 0 Å². The molecule has 0 aliphatic carbocycles. The number of nitrogens with two attached hydrogens (primary N) is 1. The topological polar surface area (TPSA) is 56.0 Å². The average molecular weight is 206 g/mol. The molecule has 0 aliphatic heterocycles. The lowest BCUT2D eigenvalue weighted by atomic mass is 9.93. The molecule has 0 saturated heterocycles. The van der Waals surface area contributed by atoms with Gasteiger partial charge in [0.15, 0.2) is 0 Å². The van der Waals surface area contributed by atoms with Crippen LogP contribution in [-0.2, 0) is 0 Å². The zero-order chi connectivity index (χ0) is 11.3. The second-order valence-corrected chi connectivity index (χ2v) is 3.87. The van der Waals surface area contributed by atoms with Gasteiger partial charge >= 0.3 is 0 Å². The molecular formula is C12H18N2O. The highest BCUT2D eigenvalue weighted by molar-refractivity contribution is 5.94. The molecule has 82 valence electrons. The number of primary amides is 1. The van der Waals surface area contributed by atoms with Crippen LogP contribution in [0, 0.1) is 0 Å². The van der Waals surface area contributed by atoms with E-state index in [1.165, 1.54) is 0 Å². The molecule has 0 saturated carbocycles. The lowest BCUT2D eigenvalue weighted by Gasteiger charge is -2.13. The number of aromatic nitrogens is 1. The van der Waals surface area contributed by atoms with Crippen LogP contribution in [0.15, 0.2) is 18.5 Å². The molecule has 0 radical (unpaired) electrons. The van der Waals surface area contributed by atoms with Gasteiger partial charge in [0.05, 0.1) is 0 Å². The number of hydrogen-bond donors (Lipinski definition) is 1. The normalized spacial score (nSPS) is 12.4. The SMILES string of the molecule is CCCCC(C)c1cnccc1C(N)=O. The molecule has 0 bridgehead atoms. The summed E-state index contributed by atoms with van der Waals surface area (Å²) < 4.78 is 0. The van der Waals surface area contributed by atoms with Gasteiger partial charge in [-0.05, 0) is 24.0 Å². The van der Waals surface area contributed by atoms with Gasteiger partial charge in [0.1, 0.15) is 0 Å². The number of rotatable bonds is 5. The molecule has 1 unspecified atom stereocenters. The number of pyridine rings is 1. The molecule has 15 heavy (non-hydrogen) atoms. The minimum absolute atomic E-state index is 0.348. The minimum atomic E-state index is -0.365. The van der Waals surface area contributed by atoms with Crippen molar-refractivity contribution in [2.75, 3.05) is 0 Å². The van der Waals surface area contributed by atoms with Crippen LogP contribution >= 0.6 is 0 Å². The number of hydrogen-bond acceptors (Lipinski definition) is 2. The Bertz CT molecular complexity index is 336. The van der Waals surface area contributed by atoms with Crippen LogP contribution in [0.25, 0.3) is 0 Å². The highest BCUT2D eigenvalue weighted by Gasteiger charge is 2.13. The first-order valence-corrected chi connectivity index (χ1v) is 5.40. The van der Waals surface area contributed by atoms with E-state index in [-0.39, 0.29) is 5.91 Å². The largest absolute Gasteiger partial charge is 0.366 e. The van der Waals surface area contributed by atoms with E-state index in [4.69, 9.17) is 5.73 Å². The van der Waals surface area contributed by atoms with Crippen LogP contribution in [0.5, 0.6) is 0 Å². The van der Waals surface area contributed by atoms with E-state index in [9.17, 15) is 4.79 Å². The van der Waals surface area contributed by atoms with Gasteiger partial charge in [0.2, 0.25) is 5.91 Å². The van der Waals surface area contributed by atoms with Gasteiger partial charge in [0, 0.05) is 18.0 Å². The number of carbonyl (C=O) groups excluding carboxylic acids is 1. The van der Waals surface area contributed by atoms with Crippen LogP contribution in [0.2, 0.25) is 0 Å². The molecule has 0 spiro atoms. The van der Waals surface area contributed by atoms with E-state index in [1.807, 2.05) is 0 Å². The van der Waals surface area contributed by atoms with Crippen LogP contribution < -0.4 is 5.73 Å². The maximum atomic E-state index is 11.2. The Labute approximate surface area is 90.7 Å². The highest BCUT2D eigenvalue weighted by atomic mass is 16.1. The number of carbonyl (C=O) groups is 1. The zero-order valence-electron chi connectivity index (χ0n) is 9.36. The predicted octanol–water partition coefficient (Wildman–Crippen LogP) is 2.47. The second kappa shape index (κ2) is 5.49. The second-order valence-electron chi connectivity index (χ2n) is 3.87. The van der Waals surface area contributed by atoms with Gasteiger partial charge in [-0.15, -0.1) is 0 Å². The van der Waals surface area contributed by atoms with Crippen molar-refractivity contribution < 1.29 is 4.79 Å². The zero-order valence-corrected chi connectivity index (χ0v) is 9.36. The summed E-state index contributed by atoms with van der Waals surface area (Å²) in [6.45, 7) is 4.27. The van der Waals surface area contributed by atoms with Gasteiger partial charge in [-0.3, -0.25) is 9.78 Å². The van der Waals surface area contributed by atoms with Gasteiger partial charge in [-0.25, -0.2) is 0 Å². The molecule has 1 rings (SSSR count). The van der Waals surface area contributed by atoms with Gasteiger partial charge in [0.25, 0.3) is 0 Å².